The number of aromatic nitrogens is 2. The molecule has 0 aliphatic carbocycles. The van der Waals surface area contributed by atoms with Gasteiger partial charge < -0.3 is 14.2 Å². The zero-order chi connectivity index (χ0) is 19.9. The van der Waals surface area contributed by atoms with E-state index in [-0.39, 0.29) is 5.91 Å². The van der Waals surface area contributed by atoms with Crippen LogP contribution in [0.1, 0.15) is 10.4 Å². The van der Waals surface area contributed by atoms with E-state index in [1.54, 1.807) is 50.8 Å². The van der Waals surface area contributed by atoms with E-state index in [2.05, 4.69) is 9.97 Å². The molecular formula is C20H21N3O4S. The number of hydrogen-bond donors (Lipinski definition) is 0. The minimum atomic E-state index is -0.177. The maximum atomic E-state index is 13.0. The molecule has 1 amide bonds. The first-order valence-corrected chi connectivity index (χ1v) is 9.44. The highest BCUT2D eigenvalue weighted by Gasteiger charge is 2.22. The zero-order valence-corrected chi connectivity index (χ0v) is 16.7. The van der Waals surface area contributed by atoms with Crippen molar-refractivity contribution < 1.29 is 19.0 Å². The Morgan fingerprint density at radius 1 is 1.18 bits per heavy atom. The number of thiazole rings is 1. The number of carbonyl (C=O) groups is 1. The smallest absolute Gasteiger partial charge is 0.261 e. The molecule has 0 bridgehead atoms. The molecule has 8 heteroatoms. The molecule has 3 aromatic rings. The van der Waals surface area contributed by atoms with E-state index >= 15 is 0 Å². The summed E-state index contributed by atoms with van der Waals surface area (Å²) in [7, 11) is 4.81. The van der Waals surface area contributed by atoms with Crippen LogP contribution in [0.2, 0.25) is 0 Å². The number of benzene rings is 1. The number of ether oxygens (including phenoxy) is 3. The van der Waals surface area contributed by atoms with Crippen LogP contribution in [0.15, 0.2) is 48.1 Å². The van der Waals surface area contributed by atoms with Crippen LogP contribution in [-0.4, -0.2) is 50.4 Å². The minimum Gasteiger partial charge on any atom is -0.497 e. The highest BCUT2D eigenvalue weighted by Crippen LogP contribution is 2.36. The molecule has 0 unspecified atom stereocenters. The molecular weight excluding hydrogens is 378 g/mol. The number of anilines is 1. The molecule has 7 nitrogen and oxygen atoms in total. The molecule has 0 saturated carbocycles. The minimum absolute atomic E-state index is 0.177. The fraction of sp³-hybridized carbons (Fsp3) is 0.250. The lowest BCUT2D eigenvalue weighted by atomic mass is 10.1. The zero-order valence-electron chi connectivity index (χ0n) is 15.9. The number of rotatable bonds is 8. The Bertz CT molecular complexity index is 930. The van der Waals surface area contributed by atoms with Crippen LogP contribution in [0.4, 0.5) is 5.13 Å². The lowest BCUT2D eigenvalue weighted by Gasteiger charge is -2.19. The Labute approximate surface area is 167 Å². The standard InChI is InChI=1S/C20H21N3O4S/c1-25-10-9-23(19(24)14-5-4-8-21-12-14)20-22-17(13-28-20)16-11-15(26-2)6-7-18(16)27-3/h4-8,11-13H,9-10H2,1-3H3. The van der Waals surface area contributed by atoms with Crippen LogP contribution < -0.4 is 14.4 Å². The first kappa shape index (κ1) is 19.8. The van der Waals surface area contributed by atoms with Crippen LogP contribution >= 0.6 is 11.3 Å². The molecule has 0 aliphatic rings. The molecule has 3 rings (SSSR count). The lowest BCUT2D eigenvalue weighted by molar-refractivity contribution is 0.0975. The molecule has 0 spiro atoms. The van der Waals surface area contributed by atoms with E-state index in [4.69, 9.17) is 14.2 Å². The van der Waals surface area contributed by atoms with Crippen LogP contribution in [0, 0.1) is 0 Å². The van der Waals surface area contributed by atoms with Crippen LogP contribution in [0.25, 0.3) is 11.3 Å². The molecule has 2 aromatic heterocycles. The first-order valence-electron chi connectivity index (χ1n) is 8.56. The van der Waals surface area contributed by atoms with Gasteiger partial charge >= 0.3 is 0 Å². The average molecular weight is 399 g/mol. The summed E-state index contributed by atoms with van der Waals surface area (Å²) in [6, 6.07) is 8.98. The number of nitrogens with zero attached hydrogens (tertiary/aromatic N) is 3. The second-order valence-corrected chi connectivity index (χ2v) is 6.61. The van der Waals surface area contributed by atoms with Crippen molar-refractivity contribution >= 4 is 22.4 Å². The monoisotopic (exact) mass is 399 g/mol. The summed E-state index contributed by atoms with van der Waals surface area (Å²) in [5.74, 6) is 1.20. The molecule has 0 saturated heterocycles. The summed E-state index contributed by atoms with van der Waals surface area (Å²) in [6.45, 7) is 0.774. The van der Waals surface area contributed by atoms with Gasteiger partial charge in [-0.05, 0) is 30.3 Å². The van der Waals surface area contributed by atoms with Gasteiger partial charge in [0.25, 0.3) is 5.91 Å². The van der Waals surface area contributed by atoms with Crippen LogP contribution in [-0.2, 0) is 4.74 Å². The van der Waals surface area contributed by atoms with Crippen molar-refractivity contribution in [2.75, 3.05) is 39.4 Å². The number of methoxy groups -OCH3 is 3. The number of hydrogen-bond acceptors (Lipinski definition) is 7. The van der Waals surface area contributed by atoms with Gasteiger partial charge in [-0.25, -0.2) is 4.98 Å². The maximum Gasteiger partial charge on any atom is 0.261 e. The Morgan fingerprint density at radius 2 is 2.04 bits per heavy atom. The summed E-state index contributed by atoms with van der Waals surface area (Å²) in [5, 5.41) is 2.47. The quantitative estimate of drug-likeness (QED) is 0.577. The maximum absolute atomic E-state index is 13.0. The lowest BCUT2D eigenvalue weighted by Crippen LogP contribution is -2.34. The van der Waals surface area contributed by atoms with Gasteiger partial charge in [0.05, 0.1) is 38.6 Å². The van der Waals surface area contributed by atoms with Crippen molar-refractivity contribution in [3.05, 3.63) is 53.7 Å². The predicted octanol–water partition coefficient (Wildman–Crippen LogP) is 3.52. The van der Waals surface area contributed by atoms with E-state index in [0.717, 1.165) is 5.56 Å². The predicted molar refractivity (Wildman–Crippen MR) is 108 cm³/mol. The van der Waals surface area contributed by atoms with E-state index in [9.17, 15) is 4.79 Å². The first-order chi connectivity index (χ1) is 13.7. The van der Waals surface area contributed by atoms with E-state index < -0.39 is 0 Å². The highest BCUT2D eigenvalue weighted by atomic mass is 32.1. The van der Waals surface area contributed by atoms with Crippen molar-refractivity contribution in [1.82, 2.24) is 9.97 Å². The molecule has 28 heavy (non-hydrogen) atoms. The average Bonchev–Trinajstić information content (AvgIpc) is 3.23. The normalized spacial score (nSPS) is 10.5. The third-order valence-corrected chi connectivity index (χ3v) is 4.94. The summed E-state index contributed by atoms with van der Waals surface area (Å²) >= 11 is 1.38. The Balaban J connectivity index is 1.96. The number of carbonyl (C=O) groups excluding carboxylic acids is 1. The third kappa shape index (κ3) is 4.29. The fourth-order valence-electron chi connectivity index (χ4n) is 2.64. The molecule has 2 heterocycles. The van der Waals surface area contributed by atoms with Crippen LogP contribution in [0.3, 0.4) is 0 Å². The van der Waals surface area contributed by atoms with E-state index in [0.29, 0.717) is 41.0 Å². The number of pyridine rings is 1. The largest absolute Gasteiger partial charge is 0.497 e. The van der Waals surface area contributed by atoms with E-state index in [1.807, 2.05) is 23.6 Å². The molecule has 0 atom stereocenters. The summed E-state index contributed by atoms with van der Waals surface area (Å²) in [4.78, 5) is 23.3. The second kappa shape index (κ2) is 9.29. The van der Waals surface area contributed by atoms with Crippen molar-refractivity contribution in [1.29, 1.82) is 0 Å². The summed E-state index contributed by atoms with van der Waals surface area (Å²) in [5.41, 5.74) is 2.00. The second-order valence-electron chi connectivity index (χ2n) is 5.77. The topological polar surface area (TPSA) is 73.8 Å². The molecule has 0 fully saturated rings. The molecule has 0 N–H and O–H groups in total. The fourth-order valence-corrected chi connectivity index (χ4v) is 3.49. The number of amides is 1. The van der Waals surface area contributed by atoms with Gasteiger partial charge in [0, 0.05) is 30.4 Å². The highest BCUT2D eigenvalue weighted by molar-refractivity contribution is 7.14. The van der Waals surface area contributed by atoms with Gasteiger partial charge in [0.1, 0.15) is 11.5 Å². The summed E-state index contributed by atoms with van der Waals surface area (Å²) < 4.78 is 15.9. The van der Waals surface area contributed by atoms with Gasteiger partial charge in [0.15, 0.2) is 5.13 Å². The Morgan fingerprint density at radius 3 is 2.71 bits per heavy atom. The van der Waals surface area contributed by atoms with E-state index in [1.165, 1.54) is 11.3 Å². The van der Waals surface area contributed by atoms with Crippen molar-refractivity contribution in [2.45, 2.75) is 0 Å². The Hall–Kier alpha value is -2.97. The van der Waals surface area contributed by atoms with Crippen molar-refractivity contribution in [2.24, 2.45) is 0 Å². The molecule has 1 aromatic carbocycles. The van der Waals surface area contributed by atoms with Gasteiger partial charge in [0.2, 0.25) is 0 Å². The summed E-state index contributed by atoms with van der Waals surface area (Å²) in [6.07, 6.45) is 3.18. The van der Waals surface area contributed by atoms with Gasteiger partial charge in [-0.15, -0.1) is 11.3 Å². The van der Waals surface area contributed by atoms with Gasteiger partial charge in [-0.1, -0.05) is 0 Å². The van der Waals surface area contributed by atoms with Gasteiger partial charge in [-0.2, -0.15) is 0 Å². The molecule has 0 aliphatic heterocycles. The van der Waals surface area contributed by atoms with Crippen molar-refractivity contribution in [3.8, 4) is 22.8 Å². The molecule has 146 valence electrons. The SMILES string of the molecule is COCCN(C(=O)c1cccnc1)c1nc(-c2cc(OC)ccc2OC)cs1. The third-order valence-electron chi connectivity index (χ3n) is 4.08. The Kier molecular flexibility index (Phi) is 6.57. The van der Waals surface area contributed by atoms with Gasteiger partial charge in [-0.3, -0.25) is 14.7 Å². The van der Waals surface area contributed by atoms with Crippen molar-refractivity contribution in [3.63, 3.8) is 0 Å². The molecule has 0 radical (unpaired) electrons. The van der Waals surface area contributed by atoms with Crippen LogP contribution in [0.5, 0.6) is 11.5 Å².